The Morgan fingerprint density at radius 1 is 1.00 bits per heavy atom. The molecule has 0 amide bonds. The minimum Gasteiger partial charge on any atom is -0.496 e. The molecular weight excluding hydrogens is 402 g/mol. The number of ether oxygens (including phenoxy) is 2. The highest BCUT2D eigenvalue weighted by molar-refractivity contribution is 6.46. The fraction of sp³-hybridized carbons (Fsp3) is 0.296. The second kappa shape index (κ2) is 10.2. The van der Waals surface area contributed by atoms with E-state index in [1.165, 1.54) is 0 Å². The number of hydrogen-bond donors (Lipinski definition) is 1. The quantitative estimate of drug-likeness (QED) is 0.301. The fourth-order valence-corrected chi connectivity index (χ4v) is 4.22. The van der Waals surface area contributed by atoms with Crippen LogP contribution in [0.5, 0.6) is 11.5 Å². The minimum absolute atomic E-state index is 0.187. The van der Waals surface area contributed by atoms with Crippen LogP contribution in [0.4, 0.5) is 0 Å². The van der Waals surface area contributed by atoms with E-state index in [4.69, 9.17) is 14.9 Å². The molecule has 0 bridgehead atoms. The molecule has 0 heterocycles. The van der Waals surface area contributed by atoms with Gasteiger partial charge in [0.05, 0.1) is 26.2 Å². The van der Waals surface area contributed by atoms with Gasteiger partial charge in [-0.2, -0.15) is 0 Å². The van der Waals surface area contributed by atoms with Crippen LogP contribution in [0.2, 0.25) is 0 Å². The topological polar surface area (TPSA) is 76.5 Å². The number of hydrogen-bond acceptors (Lipinski definition) is 5. The molecule has 0 aromatic heterocycles. The van der Waals surface area contributed by atoms with E-state index in [1.54, 1.807) is 38.5 Å². The molecule has 1 N–H and O–H groups in total. The van der Waals surface area contributed by atoms with Gasteiger partial charge in [0, 0.05) is 11.3 Å². The molecule has 0 fully saturated rings. The largest absolute Gasteiger partial charge is 0.496 e. The Morgan fingerprint density at radius 3 is 2.19 bits per heavy atom. The summed E-state index contributed by atoms with van der Waals surface area (Å²) in [6.45, 7) is 6.13. The maximum Gasteiger partial charge on any atom is 0.228 e. The molecule has 0 saturated carbocycles. The zero-order valence-electron chi connectivity index (χ0n) is 18.9. The number of ketones is 2. The molecule has 3 rings (SSSR count). The van der Waals surface area contributed by atoms with Crippen LogP contribution in [0.3, 0.4) is 0 Å². The van der Waals surface area contributed by atoms with Gasteiger partial charge in [0.2, 0.25) is 11.6 Å². The predicted octanol–water partition coefficient (Wildman–Crippen LogP) is 5.98. The summed E-state index contributed by atoms with van der Waals surface area (Å²) in [4.78, 5) is 25.4. The number of rotatable bonds is 9. The number of Topliss-reactive ketones (excluding diaryl/α,β-unsaturated/α-hetero) is 2. The first-order chi connectivity index (χ1) is 15.4. The average Bonchev–Trinajstić information content (AvgIpc) is 2.82. The van der Waals surface area contributed by atoms with E-state index in [2.05, 4.69) is 6.58 Å². The van der Waals surface area contributed by atoms with Crippen LogP contribution in [0.25, 0.3) is 11.1 Å². The maximum absolute atomic E-state index is 12.7. The van der Waals surface area contributed by atoms with Gasteiger partial charge in [-0.25, -0.2) is 0 Å². The number of methoxy groups -OCH3 is 2. The Kier molecular flexibility index (Phi) is 7.41. The molecular formula is C27H29NO4. The van der Waals surface area contributed by atoms with E-state index in [9.17, 15) is 9.59 Å². The zero-order valence-corrected chi connectivity index (χ0v) is 18.9. The average molecular weight is 432 g/mol. The van der Waals surface area contributed by atoms with Gasteiger partial charge in [-0.1, -0.05) is 49.4 Å². The number of benzene rings is 2. The van der Waals surface area contributed by atoms with Gasteiger partial charge in [0.25, 0.3) is 0 Å². The van der Waals surface area contributed by atoms with Crippen molar-refractivity contribution in [1.82, 2.24) is 0 Å². The predicted molar refractivity (Wildman–Crippen MR) is 127 cm³/mol. The molecule has 166 valence electrons. The molecule has 1 aliphatic rings. The lowest BCUT2D eigenvalue weighted by Gasteiger charge is -2.22. The van der Waals surface area contributed by atoms with Crippen molar-refractivity contribution >= 4 is 17.3 Å². The number of nitrogens with one attached hydrogen (secondary N) is 1. The minimum atomic E-state index is -0.582. The first-order valence-electron chi connectivity index (χ1n) is 10.8. The summed E-state index contributed by atoms with van der Waals surface area (Å²) in [5, 5.41) is 8.43. The summed E-state index contributed by atoms with van der Waals surface area (Å²) in [7, 11) is 3.18. The van der Waals surface area contributed by atoms with Crippen LogP contribution in [-0.4, -0.2) is 31.5 Å². The summed E-state index contributed by atoms with van der Waals surface area (Å²) in [5.74, 6) is 0.155. The van der Waals surface area contributed by atoms with E-state index in [0.29, 0.717) is 17.1 Å². The Bertz CT molecular complexity index is 1070. The Labute approximate surface area is 189 Å². The molecule has 0 saturated heterocycles. The normalized spacial score (nSPS) is 13.7. The second-order valence-electron chi connectivity index (χ2n) is 7.79. The van der Waals surface area contributed by atoms with Crippen molar-refractivity contribution in [2.45, 2.75) is 39.0 Å². The molecule has 1 aliphatic carbocycles. The van der Waals surface area contributed by atoms with Crippen molar-refractivity contribution in [2.75, 3.05) is 14.2 Å². The summed E-state index contributed by atoms with van der Waals surface area (Å²) in [6.07, 6.45) is 3.21. The van der Waals surface area contributed by atoms with Crippen LogP contribution in [0.15, 0.2) is 65.8 Å². The molecule has 0 atom stereocenters. The first-order valence-corrected chi connectivity index (χ1v) is 10.8. The maximum atomic E-state index is 12.7. The van der Waals surface area contributed by atoms with Crippen LogP contribution in [0.1, 0.15) is 49.4 Å². The molecule has 5 heteroatoms. The lowest BCUT2D eigenvalue weighted by atomic mass is 9.83. The summed E-state index contributed by atoms with van der Waals surface area (Å²) in [6, 6.07) is 12.3. The second-order valence-corrected chi connectivity index (χ2v) is 7.79. The van der Waals surface area contributed by atoms with Gasteiger partial charge >= 0.3 is 0 Å². The Balaban J connectivity index is 1.79. The Morgan fingerprint density at radius 2 is 1.62 bits per heavy atom. The van der Waals surface area contributed by atoms with Gasteiger partial charge in [0.15, 0.2) is 0 Å². The summed E-state index contributed by atoms with van der Waals surface area (Å²) < 4.78 is 10.9. The van der Waals surface area contributed by atoms with E-state index in [1.807, 2.05) is 25.1 Å². The van der Waals surface area contributed by atoms with Crippen molar-refractivity contribution in [3.8, 4) is 22.6 Å². The number of allylic oxidation sites excluding steroid dienone is 3. The molecule has 2 aromatic rings. The van der Waals surface area contributed by atoms with Crippen LogP contribution >= 0.6 is 0 Å². The highest BCUT2D eigenvalue weighted by Gasteiger charge is 2.23. The smallest absolute Gasteiger partial charge is 0.228 e. The van der Waals surface area contributed by atoms with Crippen molar-refractivity contribution in [2.24, 2.45) is 0 Å². The third-order valence-corrected chi connectivity index (χ3v) is 5.87. The molecule has 5 nitrogen and oxygen atoms in total. The molecule has 2 aromatic carbocycles. The van der Waals surface area contributed by atoms with Crippen LogP contribution in [0, 0.1) is 5.41 Å². The zero-order chi connectivity index (χ0) is 23.3. The van der Waals surface area contributed by atoms with Gasteiger partial charge in [0.1, 0.15) is 11.5 Å². The van der Waals surface area contributed by atoms with E-state index in [0.717, 1.165) is 53.5 Å². The van der Waals surface area contributed by atoms with Crippen LogP contribution < -0.4 is 9.47 Å². The first kappa shape index (κ1) is 23.2. The lowest BCUT2D eigenvalue weighted by Crippen LogP contribution is -2.20. The molecule has 0 unspecified atom stereocenters. The van der Waals surface area contributed by atoms with Gasteiger partial charge in [-0.05, 0) is 54.5 Å². The van der Waals surface area contributed by atoms with E-state index in [-0.39, 0.29) is 12.1 Å². The number of carbonyl (C=O) groups excluding carboxylic acids is 2. The van der Waals surface area contributed by atoms with Crippen molar-refractivity contribution in [3.63, 3.8) is 0 Å². The van der Waals surface area contributed by atoms with E-state index >= 15 is 0 Å². The van der Waals surface area contributed by atoms with Gasteiger partial charge in [-0.3, -0.25) is 9.59 Å². The van der Waals surface area contributed by atoms with E-state index < -0.39 is 11.6 Å². The van der Waals surface area contributed by atoms with Crippen molar-refractivity contribution in [3.05, 3.63) is 71.3 Å². The van der Waals surface area contributed by atoms with Crippen molar-refractivity contribution < 1.29 is 19.1 Å². The third-order valence-electron chi connectivity index (χ3n) is 5.87. The molecule has 0 radical (unpaired) electrons. The number of carbonyl (C=O) groups is 2. The standard InChI is InChI=1S/C27H29NO4/c1-5-20-17(2)8-6-9-21(20)22(28)16-23(29)27(30)19-14-12-18(13-15-19)26-24(31-3)10-7-11-25(26)32-4/h7,10-15,28H,2,5-6,8-9,16H2,1,3-4H3. The summed E-state index contributed by atoms with van der Waals surface area (Å²) >= 11 is 0. The monoisotopic (exact) mass is 431 g/mol. The highest BCUT2D eigenvalue weighted by atomic mass is 16.5. The van der Waals surface area contributed by atoms with Gasteiger partial charge < -0.3 is 14.9 Å². The molecule has 32 heavy (non-hydrogen) atoms. The fourth-order valence-electron chi connectivity index (χ4n) is 4.22. The van der Waals surface area contributed by atoms with Crippen LogP contribution in [-0.2, 0) is 4.79 Å². The SMILES string of the molecule is C=C1CCCC(C(=N)CC(=O)C(=O)c2ccc(-c3c(OC)cccc3OC)cc2)=C1CC. The highest BCUT2D eigenvalue weighted by Crippen LogP contribution is 2.38. The molecule has 0 aliphatic heterocycles. The summed E-state index contributed by atoms with van der Waals surface area (Å²) in [5.41, 5.74) is 5.12. The Hall–Kier alpha value is -3.47. The van der Waals surface area contributed by atoms with Gasteiger partial charge in [-0.15, -0.1) is 0 Å². The third kappa shape index (κ3) is 4.72. The molecule has 0 spiro atoms. The van der Waals surface area contributed by atoms with Crippen molar-refractivity contribution in [1.29, 1.82) is 5.41 Å². The lowest BCUT2D eigenvalue weighted by molar-refractivity contribution is -0.114.